The molecule has 8 heteroatoms. The molecule has 2 fully saturated rings. The maximum Gasteiger partial charge on any atom is 0.328 e. The molecule has 0 radical (unpaired) electrons. The third-order valence-electron chi connectivity index (χ3n) is 3.62. The van der Waals surface area contributed by atoms with Crippen LogP contribution in [-0.2, 0) is 14.3 Å². The van der Waals surface area contributed by atoms with Crippen LogP contribution in [0.5, 0.6) is 0 Å². The first-order chi connectivity index (χ1) is 10.2. The molecule has 2 aliphatic rings. The number of aliphatic carboxylic acids is 1. The Morgan fingerprint density at radius 3 is 3.00 bits per heavy atom. The number of hydrogen-bond donors (Lipinski definition) is 1. The summed E-state index contributed by atoms with van der Waals surface area (Å²) in [6, 6.07) is -0.945. The number of carbonyl (C=O) groups is 2. The third-order valence-corrected chi connectivity index (χ3v) is 4.56. The quantitative estimate of drug-likeness (QED) is 0.893. The Morgan fingerprint density at radius 2 is 2.29 bits per heavy atom. The van der Waals surface area contributed by atoms with E-state index in [0.717, 1.165) is 24.5 Å². The molecule has 21 heavy (non-hydrogen) atoms. The van der Waals surface area contributed by atoms with Gasteiger partial charge in [-0.05, 0) is 12.8 Å². The van der Waals surface area contributed by atoms with Crippen molar-refractivity contribution in [2.45, 2.75) is 25.0 Å². The van der Waals surface area contributed by atoms with E-state index in [0.29, 0.717) is 12.3 Å². The highest BCUT2D eigenvalue weighted by Crippen LogP contribution is 2.31. The summed E-state index contributed by atoms with van der Waals surface area (Å²) in [7, 11) is 0. The minimum Gasteiger partial charge on any atom is -0.480 e. The normalized spacial score (nSPS) is 26.0. The predicted octanol–water partition coefficient (Wildman–Crippen LogP) is 0.920. The zero-order valence-corrected chi connectivity index (χ0v) is 12.2. The van der Waals surface area contributed by atoms with Crippen molar-refractivity contribution in [1.29, 1.82) is 0 Å². The number of rotatable bonds is 3. The second-order valence-electron chi connectivity index (χ2n) is 5.00. The molecule has 1 amide bonds. The fourth-order valence-corrected chi connectivity index (χ4v) is 3.38. The van der Waals surface area contributed by atoms with Gasteiger partial charge in [-0.1, -0.05) is 0 Å². The third kappa shape index (κ3) is 2.92. The number of nitrogens with zero attached hydrogens (tertiary/aromatic N) is 2. The summed E-state index contributed by atoms with van der Waals surface area (Å²) in [5, 5.41) is 11.6. The van der Waals surface area contributed by atoms with Crippen LogP contribution in [0.2, 0.25) is 0 Å². The molecule has 0 aromatic carbocycles. The molecule has 0 bridgehead atoms. The second kappa shape index (κ2) is 6.08. The van der Waals surface area contributed by atoms with E-state index in [9.17, 15) is 14.7 Å². The first-order valence-corrected chi connectivity index (χ1v) is 7.73. The van der Waals surface area contributed by atoms with Crippen molar-refractivity contribution in [2.24, 2.45) is 0 Å². The molecule has 0 aliphatic carbocycles. The lowest BCUT2D eigenvalue weighted by Gasteiger charge is -2.32. The predicted molar refractivity (Wildman–Crippen MR) is 73.3 cm³/mol. The van der Waals surface area contributed by atoms with Gasteiger partial charge in [0.1, 0.15) is 16.8 Å². The van der Waals surface area contributed by atoms with E-state index in [1.807, 2.05) is 0 Å². The summed E-state index contributed by atoms with van der Waals surface area (Å²) in [5.74, 6) is -1.41. The van der Waals surface area contributed by atoms with Crippen molar-refractivity contribution in [3.8, 4) is 0 Å². The van der Waals surface area contributed by atoms with Gasteiger partial charge in [-0.15, -0.1) is 11.3 Å². The summed E-state index contributed by atoms with van der Waals surface area (Å²) < 4.78 is 10.7. The van der Waals surface area contributed by atoms with Crippen molar-refractivity contribution < 1.29 is 24.2 Å². The molecule has 114 valence electrons. The first-order valence-electron chi connectivity index (χ1n) is 6.85. The van der Waals surface area contributed by atoms with Gasteiger partial charge in [0.15, 0.2) is 6.04 Å². The van der Waals surface area contributed by atoms with Gasteiger partial charge >= 0.3 is 5.97 Å². The lowest BCUT2D eigenvalue weighted by Crippen LogP contribution is -2.52. The molecule has 3 heterocycles. The highest BCUT2D eigenvalue weighted by molar-refractivity contribution is 7.09. The Hall–Kier alpha value is -1.51. The number of ether oxygens (including phenoxy) is 2. The van der Waals surface area contributed by atoms with Crippen molar-refractivity contribution in [3.63, 3.8) is 0 Å². The molecular formula is C13H16N2O5S. The highest BCUT2D eigenvalue weighted by atomic mass is 32.1. The molecule has 2 atom stereocenters. The largest absolute Gasteiger partial charge is 0.480 e. The van der Waals surface area contributed by atoms with Crippen LogP contribution in [-0.4, -0.2) is 59.3 Å². The molecule has 1 N–H and O–H groups in total. The summed E-state index contributed by atoms with van der Waals surface area (Å²) in [6.07, 6.45) is 1.88. The van der Waals surface area contributed by atoms with E-state index in [-0.39, 0.29) is 25.2 Å². The Morgan fingerprint density at radius 1 is 1.43 bits per heavy atom. The van der Waals surface area contributed by atoms with Gasteiger partial charge in [-0.3, -0.25) is 4.79 Å². The number of thiazole rings is 1. The van der Waals surface area contributed by atoms with Crippen LogP contribution in [0.15, 0.2) is 5.38 Å². The lowest BCUT2D eigenvalue weighted by atomic mass is 10.2. The lowest BCUT2D eigenvalue weighted by molar-refractivity contribution is -0.147. The Bertz CT molecular complexity index is 540. The van der Waals surface area contributed by atoms with Gasteiger partial charge in [-0.2, -0.15) is 0 Å². The van der Waals surface area contributed by atoms with Crippen LogP contribution < -0.4 is 0 Å². The smallest absolute Gasteiger partial charge is 0.328 e. The standard InChI is InChI=1S/C13H16N2O5S/c16-12(15-3-5-19-6-9(15)13(17)18)8-7-21-11(14-8)10-2-1-4-20-10/h7,9-10H,1-6H2,(H,17,18). The Kier molecular flexibility index (Phi) is 4.18. The molecule has 0 saturated carbocycles. The summed E-state index contributed by atoms with van der Waals surface area (Å²) >= 11 is 1.39. The topological polar surface area (TPSA) is 89.0 Å². The first kappa shape index (κ1) is 14.4. The number of carboxylic acids is 1. The van der Waals surface area contributed by atoms with Crippen molar-refractivity contribution in [2.75, 3.05) is 26.4 Å². The summed E-state index contributed by atoms with van der Waals surface area (Å²) in [5.41, 5.74) is 0.290. The fourth-order valence-electron chi connectivity index (χ4n) is 2.50. The van der Waals surface area contributed by atoms with Crippen LogP contribution >= 0.6 is 11.3 Å². The van der Waals surface area contributed by atoms with Gasteiger partial charge in [0.2, 0.25) is 0 Å². The molecule has 2 unspecified atom stereocenters. The van der Waals surface area contributed by atoms with Gasteiger partial charge < -0.3 is 19.5 Å². The molecule has 0 spiro atoms. The van der Waals surface area contributed by atoms with Crippen molar-refractivity contribution >= 4 is 23.2 Å². The molecule has 1 aromatic heterocycles. The number of carboxylic acid groups (broad SMARTS) is 1. The number of aromatic nitrogens is 1. The van der Waals surface area contributed by atoms with Crippen LogP contribution in [0.25, 0.3) is 0 Å². The van der Waals surface area contributed by atoms with Gasteiger partial charge in [0, 0.05) is 18.5 Å². The van der Waals surface area contributed by atoms with Crippen LogP contribution in [0.3, 0.4) is 0 Å². The van der Waals surface area contributed by atoms with Crippen LogP contribution in [0, 0.1) is 0 Å². The van der Waals surface area contributed by atoms with Crippen LogP contribution in [0.1, 0.15) is 34.4 Å². The minimum absolute atomic E-state index is 0.0177. The fraction of sp³-hybridized carbons (Fsp3) is 0.615. The summed E-state index contributed by atoms with van der Waals surface area (Å²) in [4.78, 5) is 29.3. The minimum atomic E-state index is -1.06. The Labute approximate surface area is 125 Å². The number of hydrogen-bond acceptors (Lipinski definition) is 6. The molecule has 2 aliphatic heterocycles. The maximum absolute atomic E-state index is 12.5. The van der Waals surface area contributed by atoms with Gasteiger partial charge in [0.05, 0.1) is 13.2 Å². The second-order valence-corrected chi connectivity index (χ2v) is 5.89. The number of amides is 1. The molecule has 3 rings (SSSR count). The highest BCUT2D eigenvalue weighted by Gasteiger charge is 2.34. The molecule has 1 aromatic rings. The zero-order valence-electron chi connectivity index (χ0n) is 11.4. The van der Waals surface area contributed by atoms with Crippen LogP contribution in [0.4, 0.5) is 0 Å². The molecule has 7 nitrogen and oxygen atoms in total. The van der Waals surface area contributed by atoms with E-state index in [1.54, 1.807) is 5.38 Å². The van der Waals surface area contributed by atoms with E-state index in [1.165, 1.54) is 16.2 Å². The van der Waals surface area contributed by atoms with Gasteiger partial charge in [0.25, 0.3) is 5.91 Å². The average molecular weight is 312 g/mol. The van der Waals surface area contributed by atoms with E-state index >= 15 is 0 Å². The van der Waals surface area contributed by atoms with Gasteiger partial charge in [-0.25, -0.2) is 9.78 Å². The van der Waals surface area contributed by atoms with E-state index in [2.05, 4.69) is 4.98 Å². The van der Waals surface area contributed by atoms with Crippen molar-refractivity contribution in [3.05, 3.63) is 16.1 Å². The average Bonchev–Trinajstić information content (AvgIpc) is 3.17. The summed E-state index contributed by atoms with van der Waals surface area (Å²) in [6.45, 7) is 1.35. The van der Waals surface area contributed by atoms with E-state index < -0.39 is 12.0 Å². The maximum atomic E-state index is 12.5. The SMILES string of the molecule is O=C(O)C1COCCN1C(=O)c1csc(C2CCCO2)n1. The Balaban J connectivity index is 1.76. The molecule has 2 saturated heterocycles. The number of carbonyl (C=O) groups excluding carboxylic acids is 1. The molecular weight excluding hydrogens is 296 g/mol. The number of morpholine rings is 1. The van der Waals surface area contributed by atoms with E-state index in [4.69, 9.17) is 9.47 Å². The van der Waals surface area contributed by atoms with Crippen molar-refractivity contribution in [1.82, 2.24) is 9.88 Å². The zero-order chi connectivity index (χ0) is 14.8. The monoisotopic (exact) mass is 312 g/mol.